The highest BCUT2D eigenvalue weighted by Gasteiger charge is 2.18. The lowest BCUT2D eigenvalue weighted by Crippen LogP contribution is -2.08. The van der Waals surface area contributed by atoms with Gasteiger partial charge in [-0.2, -0.15) is 0 Å². The van der Waals surface area contributed by atoms with Crippen LogP contribution in [0.2, 0.25) is 0 Å². The topological polar surface area (TPSA) is 66.8 Å². The first-order valence-corrected chi connectivity index (χ1v) is 5.93. The van der Waals surface area contributed by atoms with Gasteiger partial charge in [-0.3, -0.25) is 0 Å². The van der Waals surface area contributed by atoms with Gasteiger partial charge in [0.15, 0.2) is 0 Å². The van der Waals surface area contributed by atoms with Crippen LogP contribution < -0.4 is 0 Å². The van der Waals surface area contributed by atoms with Gasteiger partial charge in [-0.15, -0.1) is 6.58 Å². The van der Waals surface area contributed by atoms with Crippen molar-refractivity contribution >= 4 is 5.97 Å². The molecule has 0 heterocycles. The summed E-state index contributed by atoms with van der Waals surface area (Å²) in [4.78, 5) is 11.7. The number of rotatable bonds is 6. The highest BCUT2D eigenvalue weighted by atomic mass is 16.5. The normalized spacial score (nSPS) is 10.1. The van der Waals surface area contributed by atoms with Crippen LogP contribution in [0.25, 0.3) is 0 Å². The van der Waals surface area contributed by atoms with E-state index in [9.17, 15) is 15.0 Å². The Morgan fingerprint density at radius 2 is 2.17 bits per heavy atom. The van der Waals surface area contributed by atoms with Crippen LogP contribution in [0.4, 0.5) is 0 Å². The van der Waals surface area contributed by atoms with E-state index in [1.54, 1.807) is 13.0 Å². The van der Waals surface area contributed by atoms with Crippen LogP contribution in [0.5, 0.6) is 11.5 Å². The summed E-state index contributed by atoms with van der Waals surface area (Å²) in [5, 5.41) is 19.2. The fourth-order valence-corrected chi connectivity index (χ4v) is 1.74. The number of carbonyl (C=O) groups excluding carboxylic acids is 1. The second-order valence-corrected chi connectivity index (χ2v) is 3.90. The Balaban J connectivity index is 3.04. The Morgan fingerprint density at radius 3 is 2.78 bits per heavy atom. The minimum Gasteiger partial charge on any atom is -0.508 e. The molecule has 0 unspecified atom stereocenters. The minimum absolute atomic E-state index is 0.0610. The van der Waals surface area contributed by atoms with Crippen molar-refractivity contribution in [2.75, 3.05) is 6.61 Å². The van der Waals surface area contributed by atoms with Crippen LogP contribution in [-0.4, -0.2) is 22.8 Å². The van der Waals surface area contributed by atoms with E-state index < -0.39 is 5.97 Å². The minimum atomic E-state index is -0.566. The molecule has 1 aromatic rings. The molecule has 0 radical (unpaired) electrons. The van der Waals surface area contributed by atoms with E-state index in [4.69, 9.17) is 4.74 Å². The number of phenolic OH excluding ortho intramolecular Hbond substituents is 2. The maximum Gasteiger partial charge on any atom is 0.342 e. The molecular formula is C14H18O4. The second-order valence-electron chi connectivity index (χ2n) is 3.90. The van der Waals surface area contributed by atoms with Crippen molar-refractivity contribution in [1.29, 1.82) is 0 Å². The first kappa shape index (κ1) is 14.1. The van der Waals surface area contributed by atoms with Crippen LogP contribution >= 0.6 is 0 Å². The number of ether oxygens (including phenoxy) is 1. The molecule has 0 amide bonds. The van der Waals surface area contributed by atoms with E-state index in [-0.39, 0.29) is 23.7 Å². The highest BCUT2D eigenvalue weighted by Crippen LogP contribution is 2.29. The zero-order chi connectivity index (χ0) is 13.5. The number of aromatic hydroxyl groups is 2. The SMILES string of the molecule is C=CCCCc1cc(O)cc(O)c1C(=O)OCC. The molecule has 2 N–H and O–H groups in total. The molecule has 0 bridgehead atoms. The van der Waals surface area contributed by atoms with Crippen LogP contribution in [0, 0.1) is 0 Å². The standard InChI is InChI=1S/C14H18O4/c1-3-5-6-7-10-8-11(15)9-12(16)13(10)14(17)18-4-2/h3,8-9,15-16H,1,4-7H2,2H3. The lowest BCUT2D eigenvalue weighted by atomic mass is 10.0. The molecule has 1 rings (SSSR count). The number of benzene rings is 1. The van der Waals surface area contributed by atoms with E-state index in [2.05, 4.69) is 6.58 Å². The van der Waals surface area contributed by atoms with E-state index >= 15 is 0 Å². The first-order valence-electron chi connectivity index (χ1n) is 5.93. The average Bonchev–Trinajstić information content (AvgIpc) is 2.28. The Kier molecular flexibility index (Phi) is 5.24. The molecule has 1 aromatic carbocycles. The largest absolute Gasteiger partial charge is 0.508 e. The summed E-state index contributed by atoms with van der Waals surface area (Å²) in [5.74, 6) is -0.875. The zero-order valence-corrected chi connectivity index (χ0v) is 10.5. The molecule has 0 aliphatic carbocycles. The summed E-state index contributed by atoms with van der Waals surface area (Å²) < 4.78 is 4.89. The Hall–Kier alpha value is -1.97. The number of unbranched alkanes of at least 4 members (excludes halogenated alkanes) is 1. The molecule has 0 aliphatic rings. The van der Waals surface area contributed by atoms with Crippen molar-refractivity contribution in [3.05, 3.63) is 35.9 Å². The number of hydrogen-bond acceptors (Lipinski definition) is 4. The molecule has 0 atom stereocenters. The number of aryl methyl sites for hydroxylation is 1. The molecule has 0 spiro atoms. The van der Waals surface area contributed by atoms with Gasteiger partial charge in [0.2, 0.25) is 0 Å². The number of carbonyl (C=O) groups is 1. The third-order valence-electron chi connectivity index (χ3n) is 2.52. The first-order chi connectivity index (χ1) is 8.60. The lowest BCUT2D eigenvalue weighted by molar-refractivity contribution is 0.0521. The van der Waals surface area contributed by atoms with Gasteiger partial charge in [0.1, 0.15) is 17.1 Å². The fraction of sp³-hybridized carbons (Fsp3) is 0.357. The van der Waals surface area contributed by atoms with E-state index in [1.807, 2.05) is 0 Å². The number of hydrogen-bond donors (Lipinski definition) is 2. The Morgan fingerprint density at radius 1 is 1.44 bits per heavy atom. The van der Waals surface area contributed by atoms with Gasteiger partial charge < -0.3 is 14.9 Å². The summed E-state index contributed by atoms with van der Waals surface area (Å²) in [7, 11) is 0. The molecule has 0 aromatic heterocycles. The third kappa shape index (κ3) is 3.52. The summed E-state index contributed by atoms with van der Waals surface area (Å²) in [6, 6.07) is 2.62. The quantitative estimate of drug-likeness (QED) is 0.463. The maximum atomic E-state index is 11.7. The Bertz CT molecular complexity index is 438. The van der Waals surface area contributed by atoms with Crippen LogP contribution in [0.3, 0.4) is 0 Å². The molecule has 4 heteroatoms. The van der Waals surface area contributed by atoms with Crippen molar-refractivity contribution in [2.24, 2.45) is 0 Å². The molecule has 98 valence electrons. The molecule has 0 fully saturated rings. The summed E-state index contributed by atoms with van der Waals surface area (Å²) in [6.07, 6.45) is 3.95. The summed E-state index contributed by atoms with van der Waals surface area (Å²) >= 11 is 0. The number of allylic oxidation sites excluding steroid dienone is 1. The van der Waals surface area contributed by atoms with Gasteiger partial charge in [-0.1, -0.05) is 6.08 Å². The Labute approximate surface area is 107 Å². The molecule has 0 aliphatic heterocycles. The van der Waals surface area contributed by atoms with Gasteiger partial charge in [0.05, 0.1) is 6.61 Å². The zero-order valence-electron chi connectivity index (χ0n) is 10.5. The average molecular weight is 250 g/mol. The molecule has 0 saturated carbocycles. The summed E-state index contributed by atoms with van der Waals surface area (Å²) in [6.45, 7) is 5.57. The van der Waals surface area contributed by atoms with Crippen LogP contribution in [0.15, 0.2) is 24.8 Å². The van der Waals surface area contributed by atoms with Gasteiger partial charge in [0, 0.05) is 6.07 Å². The van der Waals surface area contributed by atoms with Crippen molar-refractivity contribution in [1.82, 2.24) is 0 Å². The molecule has 18 heavy (non-hydrogen) atoms. The lowest BCUT2D eigenvalue weighted by Gasteiger charge is -2.11. The smallest absolute Gasteiger partial charge is 0.342 e. The van der Waals surface area contributed by atoms with Crippen LogP contribution in [-0.2, 0) is 11.2 Å². The fourth-order valence-electron chi connectivity index (χ4n) is 1.74. The van der Waals surface area contributed by atoms with E-state index in [1.165, 1.54) is 6.07 Å². The predicted molar refractivity (Wildman–Crippen MR) is 68.9 cm³/mol. The predicted octanol–water partition coefficient (Wildman–Crippen LogP) is 2.78. The maximum absolute atomic E-state index is 11.7. The molecule has 4 nitrogen and oxygen atoms in total. The van der Waals surface area contributed by atoms with Gasteiger partial charge >= 0.3 is 5.97 Å². The van der Waals surface area contributed by atoms with E-state index in [0.717, 1.165) is 18.9 Å². The van der Waals surface area contributed by atoms with Gasteiger partial charge in [0.25, 0.3) is 0 Å². The van der Waals surface area contributed by atoms with Gasteiger partial charge in [-0.05, 0) is 37.8 Å². The van der Waals surface area contributed by atoms with Crippen molar-refractivity contribution < 1.29 is 19.7 Å². The molecule has 0 saturated heterocycles. The highest BCUT2D eigenvalue weighted by molar-refractivity contribution is 5.94. The number of esters is 1. The third-order valence-corrected chi connectivity index (χ3v) is 2.52. The van der Waals surface area contributed by atoms with Crippen molar-refractivity contribution in [3.63, 3.8) is 0 Å². The van der Waals surface area contributed by atoms with Crippen molar-refractivity contribution in [2.45, 2.75) is 26.2 Å². The monoisotopic (exact) mass is 250 g/mol. The van der Waals surface area contributed by atoms with Crippen molar-refractivity contribution in [3.8, 4) is 11.5 Å². The number of phenols is 2. The van der Waals surface area contributed by atoms with Crippen LogP contribution in [0.1, 0.15) is 35.7 Å². The van der Waals surface area contributed by atoms with Gasteiger partial charge in [-0.25, -0.2) is 4.79 Å². The summed E-state index contributed by atoms with van der Waals surface area (Å²) in [5.41, 5.74) is 0.728. The molecular weight excluding hydrogens is 232 g/mol. The van der Waals surface area contributed by atoms with E-state index in [0.29, 0.717) is 12.0 Å². The second kappa shape index (κ2) is 6.69.